The van der Waals surface area contributed by atoms with Crippen molar-refractivity contribution in [3.63, 3.8) is 0 Å². The van der Waals surface area contributed by atoms with Gasteiger partial charge in [-0.25, -0.2) is 14.6 Å². The quantitative estimate of drug-likeness (QED) is 0.412. The number of fused-ring (bicyclic) bond motifs is 1. The summed E-state index contributed by atoms with van der Waals surface area (Å²) in [5.74, 6) is -0.319. The Hall–Kier alpha value is -4.38. The van der Waals surface area contributed by atoms with Gasteiger partial charge in [-0.1, -0.05) is 23.5 Å². The number of carboxylic acids is 1. The molecule has 11 heteroatoms. The van der Waals surface area contributed by atoms with Crippen molar-refractivity contribution in [2.45, 2.75) is 19.9 Å². The van der Waals surface area contributed by atoms with Crippen LogP contribution in [0.25, 0.3) is 6.08 Å². The van der Waals surface area contributed by atoms with E-state index >= 15 is 0 Å². The van der Waals surface area contributed by atoms with Crippen LogP contribution >= 0.6 is 11.3 Å². The highest BCUT2D eigenvalue weighted by molar-refractivity contribution is 7.07. The van der Waals surface area contributed by atoms with Crippen LogP contribution in [0.2, 0.25) is 0 Å². The molecule has 2 heterocycles. The lowest BCUT2D eigenvalue weighted by Gasteiger charge is -2.26. The monoisotopic (exact) mass is 538 g/mol. The number of aliphatic carboxylic acids is 1. The number of hydrogen-bond donors (Lipinski definition) is 1. The van der Waals surface area contributed by atoms with Crippen LogP contribution in [0.15, 0.2) is 63.5 Å². The first-order valence-corrected chi connectivity index (χ1v) is 12.4. The Labute approximate surface area is 221 Å². The lowest BCUT2D eigenvalue weighted by Crippen LogP contribution is -2.40. The summed E-state index contributed by atoms with van der Waals surface area (Å²) in [5.41, 5.74) is 1.52. The number of nitrogens with zero attached hydrogens (tertiary/aromatic N) is 2. The standard InChI is InChI=1S/C27H26N2O8S/c1-5-36-26(33)23-15(2)28-27-29(24(23)19-10-9-17(34-3)13-20(19)35-4)25(32)21(38-27)12-16-7-6-8-18(11-16)37-14-22(30)31/h6-13,24H,5,14H2,1-4H3,(H,30,31)/b21-12-/t24-/m0/s1. The van der Waals surface area contributed by atoms with E-state index in [9.17, 15) is 14.4 Å². The normalized spacial score (nSPS) is 14.9. The smallest absolute Gasteiger partial charge is 0.341 e. The lowest BCUT2D eigenvalue weighted by molar-refractivity contribution is -0.140. The van der Waals surface area contributed by atoms with E-state index in [1.54, 1.807) is 62.4 Å². The Kier molecular flexibility index (Phi) is 7.96. The molecule has 4 rings (SSSR count). The average molecular weight is 539 g/mol. The van der Waals surface area contributed by atoms with Gasteiger partial charge < -0.3 is 24.1 Å². The Morgan fingerprint density at radius 3 is 2.61 bits per heavy atom. The van der Waals surface area contributed by atoms with Gasteiger partial charge in [0.25, 0.3) is 5.56 Å². The van der Waals surface area contributed by atoms with E-state index in [1.807, 2.05) is 0 Å². The predicted molar refractivity (Wildman–Crippen MR) is 140 cm³/mol. The van der Waals surface area contributed by atoms with Crippen LogP contribution < -0.4 is 29.1 Å². The highest BCUT2D eigenvalue weighted by Gasteiger charge is 2.35. The molecule has 1 aliphatic heterocycles. The lowest BCUT2D eigenvalue weighted by atomic mass is 9.95. The number of esters is 1. The molecule has 0 bridgehead atoms. The van der Waals surface area contributed by atoms with Crippen LogP contribution in [0.3, 0.4) is 0 Å². The van der Waals surface area contributed by atoms with Crippen molar-refractivity contribution in [1.82, 2.24) is 4.57 Å². The van der Waals surface area contributed by atoms with E-state index in [1.165, 1.54) is 30.1 Å². The minimum absolute atomic E-state index is 0.160. The summed E-state index contributed by atoms with van der Waals surface area (Å²) in [7, 11) is 3.04. The van der Waals surface area contributed by atoms with Crippen LogP contribution in [-0.2, 0) is 14.3 Å². The summed E-state index contributed by atoms with van der Waals surface area (Å²) >= 11 is 1.17. The third kappa shape index (κ3) is 5.32. The molecule has 1 aromatic heterocycles. The van der Waals surface area contributed by atoms with Crippen molar-refractivity contribution in [3.8, 4) is 17.2 Å². The molecular formula is C27H26N2O8S. The Bertz CT molecular complexity index is 1600. The molecule has 0 saturated carbocycles. The molecule has 1 N–H and O–H groups in total. The maximum absolute atomic E-state index is 13.8. The molecule has 0 amide bonds. The number of rotatable bonds is 9. The molecule has 0 saturated heterocycles. The van der Waals surface area contributed by atoms with Crippen molar-refractivity contribution < 1.29 is 33.6 Å². The SMILES string of the molecule is CCOC(=O)C1=C(C)N=c2s/c(=C\c3cccc(OCC(=O)O)c3)c(=O)n2[C@H]1c1ccc(OC)cc1OC. The number of hydrogen-bond acceptors (Lipinski definition) is 9. The number of carbonyl (C=O) groups excluding carboxylic acids is 1. The molecule has 198 valence electrons. The van der Waals surface area contributed by atoms with Gasteiger partial charge in [-0.3, -0.25) is 9.36 Å². The van der Waals surface area contributed by atoms with E-state index in [-0.39, 0.29) is 17.7 Å². The number of aromatic nitrogens is 1. The molecule has 3 aromatic rings. The van der Waals surface area contributed by atoms with E-state index in [0.717, 1.165) is 0 Å². The summed E-state index contributed by atoms with van der Waals surface area (Å²) in [6.07, 6.45) is 1.67. The fourth-order valence-electron chi connectivity index (χ4n) is 4.12. The van der Waals surface area contributed by atoms with Crippen molar-refractivity contribution in [2.24, 2.45) is 4.99 Å². The van der Waals surface area contributed by atoms with Crippen molar-refractivity contribution >= 4 is 29.4 Å². The fourth-order valence-corrected chi connectivity index (χ4v) is 5.17. The number of carbonyl (C=O) groups is 2. The van der Waals surface area contributed by atoms with Crippen LogP contribution in [-0.4, -0.2) is 49.0 Å². The molecule has 0 spiro atoms. The van der Waals surface area contributed by atoms with Gasteiger partial charge >= 0.3 is 11.9 Å². The highest BCUT2D eigenvalue weighted by Crippen LogP contribution is 2.37. The maximum atomic E-state index is 13.8. The zero-order valence-corrected chi connectivity index (χ0v) is 22.0. The summed E-state index contributed by atoms with van der Waals surface area (Å²) in [4.78, 5) is 42.7. The van der Waals surface area contributed by atoms with Gasteiger partial charge in [0, 0.05) is 11.6 Å². The summed E-state index contributed by atoms with van der Waals surface area (Å²) < 4.78 is 23.4. The van der Waals surface area contributed by atoms with Gasteiger partial charge in [0.05, 0.1) is 36.6 Å². The molecule has 0 fully saturated rings. The van der Waals surface area contributed by atoms with Gasteiger partial charge in [0.2, 0.25) is 0 Å². The average Bonchev–Trinajstić information content (AvgIpc) is 3.20. The second-order valence-corrected chi connectivity index (χ2v) is 9.17. The third-order valence-corrected chi connectivity index (χ3v) is 6.75. The molecule has 1 aliphatic rings. The number of allylic oxidation sites excluding steroid dienone is 1. The number of thiazole rings is 1. The van der Waals surface area contributed by atoms with E-state index in [2.05, 4.69) is 4.99 Å². The Balaban J connectivity index is 1.90. The zero-order valence-electron chi connectivity index (χ0n) is 21.2. The molecule has 0 aliphatic carbocycles. The number of benzene rings is 2. The fraction of sp³-hybridized carbons (Fsp3) is 0.259. The van der Waals surface area contributed by atoms with Gasteiger partial charge in [0.1, 0.15) is 23.3 Å². The first-order chi connectivity index (χ1) is 18.3. The molecule has 2 aromatic carbocycles. The maximum Gasteiger partial charge on any atom is 0.341 e. The third-order valence-electron chi connectivity index (χ3n) is 5.77. The van der Waals surface area contributed by atoms with Crippen molar-refractivity contribution in [3.05, 3.63) is 84.5 Å². The number of ether oxygens (including phenoxy) is 4. The van der Waals surface area contributed by atoms with E-state index in [4.69, 9.17) is 24.1 Å². The van der Waals surface area contributed by atoms with Crippen molar-refractivity contribution in [1.29, 1.82) is 0 Å². The van der Waals surface area contributed by atoms with Gasteiger partial charge in [0.15, 0.2) is 11.4 Å². The predicted octanol–water partition coefficient (Wildman–Crippen LogP) is 2.28. The minimum Gasteiger partial charge on any atom is -0.497 e. The Morgan fingerprint density at radius 1 is 1.13 bits per heavy atom. The van der Waals surface area contributed by atoms with Gasteiger partial charge in [-0.15, -0.1) is 0 Å². The molecular weight excluding hydrogens is 512 g/mol. The highest BCUT2D eigenvalue weighted by atomic mass is 32.1. The van der Waals surface area contributed by atoms with Crippen LogP contribution in [0.4, 0.5) is 0 Å². The van der Waals surface area contributed by atoms with Crippen LogP contribution in [0, 0.1) is 0 Å². The summed E-state index contributed by atoms with van der Waals surface area (Å²) in [6.45, 7) is 3.09. The van der Waals surface area contributed by atoms with Crippen LogP contribution in [0.5, 0.6) is 17.2 Å². The molecule has 38 heavy (non-hydrogen) atoms. The molecule has 1 atom stereocenters. The zero-order chi connectivity index (χ0) is 27.4. The summed E-state index contributed by atoms with van der Waals surface area (Å²) in [6, 6.07) is 11.1. The molecule has 0 unspecified atom stereocenters. The number of carboxylic acid groups (broad SMARTS) is 1. The summed E-state index contributed by atoms with van der Waals surface area (Å²) in [5, 5.41) is 8.87. The van der Waals surface area contributed by atoms with E-state index in [0.29, 0.717) is 43.4 Å². The van der Waals surface area contributed by atoms with E-state index < -0.39 is 24.6 Å². The first kappa shape index (κ1) is 26.7. The number of methoxy groups -OCH3 is 2. The largest absolute Gasteiger partial charge is 0.497 e. The van der Waals surface area contributed by atoms with Gasteiger partial charge in [-0.2, -0.15) is 0 Å². The van der Waals surface area contributed by atoms with Gasteiger partial charge in [-0.05, 0) is 49.8 Å². The Morgan fingerprint density at radius 2 is 1.92 bits per heavy atom. The second kappa shape index (κ2) is 11.3. The molecule has 0 radical (unpaired) electrons. The van der Waals surface area contributed by atoms with Crippen LogP contribution in [0.1, 0.15) is 31.0 Å². The second-order valence-electron chi connectivity index (χ2n) is 8.17. The topological polar surface area (TPSA) is 126 Å². The van der Waals surface area contributed by atoms with Crippen molar-refractivity contribution in [2.75, 3.05) is 27.4 Å². The first-order valence-electron chi connectivity index (χ1n) is 11.6. The minimum atomic E-state index is -1.09. The molecule has 10 nitrogen and oxygen atoms in total.